The van der Waals surface area contributed by atoms with Crippen LogP contribution in [-0.4, -0.2) is 22.1 Å². The highest BCUT2D eigenvalue weighted by Crippen LogP contribution is 2.09. The fourth-order valence-electron chi connectivity index (χ4n) is 1.86. The number of rotatable bonds is 3. The zero-order valence-electron chi connectivity index (χ0n) is 11.4. The van der Waals surface area contributed by atoms with Crippen molar-refractivity contribution in [3.63, 3.8) is 0 Å². The number of nitrogens with zero attached hydrogens (tertiary/aromatic N) is 3. The smallest absolute Gasteiger partial charge is 0.267 e. The van der Waals surface area contributed by atoms with Gasteiger partial charge in [-0.25, -0.2) is 10.4 Å². The maximum Gasteiger partial charge on any atom is 0.271 e. The van der Waals surface area contributed by atoms with Crippen molar-refractivity contribution in [3.05, 3.63) is 71.0 Å². The number of benzene rings is 2. The van der Waals surface area contributed by atoms with E-state index >= 15 is 0 Å². The van der Waals surface area contributed by atoms with E-state index in [4.69, 9.17) is 11.6 Å². The molecule has 1 heterocycles. The molecule has 2 aromatic carbocycles. The summed E-state index contributed by atoms with van der Waals surface area (Å²) in [6.45, 7) is 0. The van der Waals surface area contributed by atoms with E-state index in [9.17, 15) is 4.79 Å². The minimum absolute atomic E-state index is 0.318. The Morgan fingerprint density at radius 2 is 1.82 bits per heavy atom. The molecule has 0 atom stereocenters. The van der Waals surface area contributed by atoms with Gasteiger partial charge in [-0.15, -0.1) is 0 Å². The third-order valence-corrected chi connectivity index (χ3v) is 3.19. The van der Waals surface area contributed by atoms with E-state index in [1.165, 1.54) is 6.21 Å². The SMILES string of the molecule is O=C(N/N=C\c1cnc2ccccc2n1)c1ccc(Cl)cc1. The van der Waals surface area contributed by atoms with Crippen molar-refractivity contribution < 1.29 is 4.79 Å². The molecular formula is C16H11ClN4O. The van der Waals surface area contributed by atoms with Crippen molar-refractivity contribution in [1.29, 1.82) is 0 Å². The standard InChI is InChI=1S/C16H11ClN4O/c17-12-7-5-11(6-8-12)16(22)21-19-10-13-9-18-14-3-1-2-4-15(14)20-13/h1-10H,(H,21,22)/b19-10-. The molecule has 0 unspecified atom stereocenters. The Hall–Kier alpha value is -2.79. The lowest BCUT2D eigenvalue weighted by Crippen LogP contribution is -2.17. The summed E-state index contributed by atoms with van der Waals surface area (Å²) in [7, 11) is 0. The predicted molar refractivity (Wildman–Crippen MR) is 86.1 cm³/mol. The molecule has 0 aliphatic heterocycles. The minimum atomic E-state index is -0.318. The Labute approximate surface area is 131 Å². The second-order valence-electron chi connectivity index (χ2n) is 4.49. The first-order chi connectivity index (χ1) is 10.7. The van der Waals surface area contributed by atoms with Gasteiger partial charge in [0.1, 0.15) is 5.69 Å². The zero-order valence-corrected chi connectivity index (χ0v) is 12.2. The first-order valence-electron chi connectivity index (χ1n) is 6.53. The van der Waals surface area contributed by atoms with E-state index < -0.39 is 0 Å². The van der Waals surface area contributed by atoms with E-state index in [1.807, 2.05) is 24.3 Å². The number of aromatic nitrogens is 2. The first-order valence-corrected chi connectivity index (χ1v) is 6.91. The number of hydrazone groups is 1. The summed E-state index contributed by atoms with van der Waals surface area (Å²) in [4.78, 5) is 20.5. The van der Waals surface area contributed by atoms with E-state index in [2.05, 4.69) is 20.5 Å². The van der Waals surface area contributed by atoms with Crippen LogP contribution in [0.5, 0.6) is 0 Å². The van der Waals surface area contributed by atoms with Crippen molar-refractivity contribution in [2.75, 3.05) is 0 Å². The number of hydrogen-bond donors (Lipinski definition) is 1. The quantitative estimate of drug-likeness (QED) is 0.597. The molecule has 6 heteroatoms. The number of amides is 1. The van der Waals surface area contributed by atoms with Crippen LogP contribution in [0.25, 0.3) is 11.0 Å². The lowest BCUT2D eigenvalue weighted by atomic mass is 10.2. The summed E-state index contributed by atoms with van der Waals surface area (Å²) in [6.07, 6.45) is 3.05. The topological polar surface area (TPSA) is 67.2 Å². The normalized spacial score (nSPS) is 11.0. The van der Waals surface area contributed by atoms with Gasteiger partial charge in [0.15, 0.2) is 0 Å². The minimum Gasteiger partial charge on any atom is -0.267 e. The van der Waals surface area contributed by atoms with Crippen molar-refractivity contribution in [2.45, 2.75) is 0 Å². The molecule has 1 amide bonds. The molecule has 0 saturated carbocycles. The van der Waals surface area contributed by atoms with E-state index in [0.717, 1.165) is 11.0 Å². The Morgan fingerprint density at radius 3 is 2.59 bits per heavy atom. The van der Waals surface area contributed by atoms with Gasteiger partial charge in [0.2, 0.25) is 0 Å². The molecular weight excluding hydrogens is 300 g/mol. The van der Waals surface area contributed by atoms with E-state index in [-0.39, 0.29) is 5.91 Å². The van der Waals surface area contributed by atoms with Crippen LogP contribution >= 0.6 is 11.6 Å². The van der Waals surface area contributed by atoms with Crippen LogP contribution in [0.3, 0.4) is 0 Å². The maximum atomic E-state index is 11.9. The average Bonchev–Trinajstić information content (AvgIpc) is 2.55. The van der Waals surface area contributed by atoms with Crippen LogP contribution in [0.15, 0.2) is 59.8 Å². The number of fused-ring (bicyclic) bond motifs is 1. The Bertz CT molecular complexity index is 846. The third-order valence-electron chi connectivity index (χ3n) is 2.94. The van der Waals surface area contributed by atoms with E-state index in [1.54, 1.807) is 30.5 Å². The van der Waals surface area contributed by atoms with Crippen LogP contribution in [0, 0.1) is 0 Å². The number of nitrogens with one attached hydrogen (secondary N) is 1. The molecule has 108 valence electrons. The summed E-state index contributed by atoms with van der Waals surface area (Å²) in [5.74, 6) is -0.318. The zero-order chi connectivity index (χ0) is 15.4. The molecule has 0 saturated heterocycles. The van der Waals surface area contributed by atoms with Gasteiger partial charge in [0, 0.05) is 10.6 Å². The lowest BCUT2D eigenvalue weighted by Gasteiger charge is -2.00. The van der Waals surface area contributed by atoms with Crippen LogP contribution < -0.4 is 5.43 Å². The molecule has 1 N–H and O–H groups in total. The second kappa shape index (κ2) is 6.32. The van der Waals surface area contributed by atoms with Crippen LogP contribution in [0.1, 0.15) is 16.1 Å². The highest BCUT2D eigenvalue weighted by Gasteiger charge is 2.03. The fraction of sp³-hybridized carbons (Fsp3) is 0. The highest BCUT2D eigenvalue weighted by molar-refractivity contribution is 6.30. The molecule has 1 aromatic heterocycles. The molecule has 0 fully saturated rings. The van der Waals surface area contributed by atoms with Gasteiger partial charge in [-0.05, 0) is 36.4 Å². The predicted octanol–water partition coefficient (Wildman–Crippen LogP) is 3.05. The number of carbonyl (C=O) groups excluding carboxylic acids is 1. The van der Waals surface area contributed by atoms with Crippen LogP contribution in [0.2, 0.25) is 5.02 Å². The monoisotopic (exact) mass is 310 g/mol. The summed E-state index contributed by atoms with van der Waals surface area (Å²) in [5, 5.41) is 4.46. The molecule has 5 nitrogen and oxygen atoms in total. The fourth-order valence-corrected chi connectivity index (χ4v) is 1.98. The summed E-state index contributed by atoms with van der Waals surface area (Å²) < 4.78 is 0. The van der Waals surface area contributed by atoms with Gasteiger partial charge in [0.05, 0.1) is 23.4 Å². The summed E-state index contributed by atoms with van der Waals surface area (Å²) in [5.41, 5.74) is 5.06. The van der Waals surface area contributed by atoms with Gasteiger partial charge in [0.25, 0.3) is 5.91 Å². The molecule has 22 heavy (non-hydrogen) atoms. The molecule has 3 rings (SSSR count). The van der Waals surface area contributed by atoms with Gasteiger partial charge in [-0.2, -0.15) is 5.10 Å². The molecule has 0 bridgehead atoms. The average molecular weight is 311 g/mol. The van der Waals surface area contributed by atoms with Crippen molar-refractivity contribution in [3.8, 4) is 0 Å². The summed E-state index contributed by atoms with van der Waals surface area (Å²) in [6, 6.07) is 14.1. The van der Waals surface area contributed by atoms with Gasteiger partial charge in [-0.1, -0.05) is 23.7 Å². The van der Waals surface area contributed by atoms with Crippen LogP contribution in [-0.2, 0) is 0 Å². The van der Waals surface area contributed by atoms with Crippen molar-refractivity contribution in [2.24, 2.45) is 5.10 Å². The number of hydrogen-bond acceptors (Lipinski definition) is 4. The Kier molecular flexibility index (Phi) is 4.07. The third kappa shape index (κ3) is 3.27. The number of para-hydroxylation sites is 2. The molecule has 0 spiro atoms. The highest BCUT2D eigenvalue weighted by atomic mass is 35.5. The Balaban J connectivity index is 1.70. The number of carbonyl (C=O) groups is 1. The van der Waals surface area contributed by atoms with Crippen molar-refractivity contribution in [1.82, 2.24) is 15.4 Å². The number of halogens is 1. The molecule has 0 aliphatic rings. The lowest BCUT2D eigenvalue weighted by molar-refractivity contribution is 0.0955. The molecule has 0 aliphatic carbocycles. The Morgan fingerprint density at radius 1 is 1.09 bits per heavy atom. The van der Waals surface area contributed by atoms with Crippen molar-refractivity contribution >= 4 is 34.8 Å². The largest absolute Gasteiger partial charge is 0.271 e. The summed E-state index contributed by atoms with van der Waals surface area (Å²) >= 11 is 5.77. The van der Waals surface area contributed by atoms with Crippen LogP contribution in [0.4, 0.5) is 0 Å². The van der Waals surface area contributed by atoms with E-state index in [0.29, 0.717) is 16.3 Å². The molecule has 0 radical (unpaired) electrons. The first kappa shape index (κ1) is 14.2. The maximum absolute atomic E-state index is 11.9. The van der Waals surface area contributed by atoms with Gasteiger partial charge in [-0.3, -0.25) is 9.78 Å². The van der Waals surface area contributed by atoms with Gasteiger partial charge >= 0.3 is 0 Å². The second-order valence-corrected chi connectivity index (χ2v) is 4.93. The van der Waals surface area contributed by atoms with Gasteiger partial charge < -0.3 is 0 Å². The molecule has 3 aromatic rings.